The zero-order valence-corrected chi connectivity index (χ0v) is 81.7. The fraction of sp³-hybridized carbons (Fsp3) is 0.304. The lowest BCUT2D eigenvalue weighted by Gasteiger charge is -2.42. The first-order valence-electron chi connectivity index (χ1n) is 48.8. The molecule has 9 aliphatic rings. The lowest BCUT2D eigenvalue weighted by molar-refractivity contribution is 0.0627. The number of rotatable bonds is 28. The molecule has 28 heteroatoms. The number of benzene rings is 11. The molecule has 0 spiro atoms. The molecular weight excluding hydrogens is 1800 g/mol. The number of nitrogens with one attached hydrogen (secondary N) is 2. The van der Waals surface area contributed by atoms with Crippen LogP contribution in [0.4, 0.5) is 22.7 Å². The maximum atomic E-state index is 13.5. The number of amides is 8. The van der Waals surface area contributed by atoms with Gasteiger partial charge >= 0.3 is 0 Å². The Kier molecular flexibility index (Phi) is 30.4. The van der Waals surface area contributed by atoms with Crippen molar-refractivity contribution in [3.8, 4) is 40.6 Å². The SMILES string of the molecule is COc1ccc(CN2C(=O)c3cccc(N4CCN(Cc5ccc(C)cc5)CC4)c3C2=O)cc1OC.COc1ccc(CN2C(=O)c3cccc(N4CCN(Cc5ccccc5C#N)CC4)c3C2=O)cc1OC.COc1ccc(CN2C(=O)c3cccc(N[C@@H]4CCCC[C@H]4NCc4ccccc4)c3C2=O)cc1OC.O=C1c2cccc(N3CC4CCC(C3)N4Cc3ccccc3)c2C(=O)N1Cc1ccncc1. The summed E-state index contributed by atoms with van der Waals surface area (Å²) in [6, 6.07) is 83.2. The van der Waals surface area contributed by atoms with Gasteiger partial charge in [0.1, 0.15) is 0 Å². The molecule has 2 N–H and O–H groups in total. The number of imide groups is 4. The first kappa shape index (κ1) is 97.7. The highest BCUT2D eigenvalue weighted by atomic mass is 16.5. The van der Waals surface area contributed by atoms with E-state index in [2.05, 4.69) is 137 Å². The van der Waals surface area contributed by atoms with Crippen molar-refractivity contribution in [2.45, 2.75) is 122 Å². The summed E-state index contributed by atoms with van der Waals surface area (Å²) in [7, 11) is 9.40. The van der Waals surface area contributed by atoms with Crippen LogP contribution in [0, 0.1) is 18.3 Å². The number of pyridine rings is 1. The fourth-order valence-electron chi connectivity index (χ4n) is 21.0. The van der Waals surface area contributed by atoms with E-state index in [1.165, 1.54) is 61.1 Å². The molecule has 9 heterocycles. The van der Waals surface area contributed by atoms with Crippen molar-refractivity contribution in [3.63, 3.8) is 0 Å². The van der Waals surface area contributed by atoms with Crippen molar-refractivity contribution in [2.75, 3.05) is 128 Å². The molecule has 2 bridgehead atoms. The van der Waals surface area contributed by atoms with Gasteiger partial charge in [0.2, 0.25) is 0 Å². The molecule has 11 aromatic carbocycles. The van der Waals surface area contributed by atoms with E-state index in [9.17, 15) is 43.6 Å². The molecule has 12 aromatic rings. The molecule has 1 saturated carbocycles. The number of carbonyl (C=O) groups is 8. The van der Waals surface area contributed by atoms with Crippen LogP contribution < -0.4 is 53.8 Å². The summed E-state index contributed by atoms with van der Waals surface area (Å²) in [5.74, 6) is 1.44. The molecule has 2 unspecified atom stereocenters. The van der Waals surface area contributed by atoms with Crippen LogP contribution in [0.5, 0.6) is 34.5 Å². The number of nitrogens with zero attached hydrogens (tertiary/aromatic N) is 12. The molecule has 143 heavy (non-hydrogen) atoms. The summed E-state index contributed by atoms with van der Waals surface area (Å²) >= 11 is 0. The van der Waals surface area contributed by atoms with E-state index in [-0.39, 0.29) is 85.5 Å². The van der Waals surface area contributed by atoms with Gasteiger partial charge in [0.15, 0.2) is 34.5 Å². The van der Waals surface area contributed by atoms with E-state index in [4.69, 9.17) is 28.4 Å². The van der Waals surface area contributed by atoms with Crippen LogP contribution in [-0.2, 0) is 52.4 Å². The topological polar surface area (TPSA) is 285 Å². The first-order chi connectivity index (χ1) is 69.8. The third-order valence-electron chi connectivity index (χ3n) is 28.6. The van der Waals surface area contributed by atoms with Gasteiger partial charge < -0.3 is 53.8 Å². The molecule has 28 nitrogen and oxygen atoms in total. The average molecular weight is 1920 g/mol. The van der Waals surface area contributed by atoms with Gasteiger partial charge in [-0.25, -0.2) is 0 Å². The summed E-state index contributed by atoms with van der Waals surface area (Å²) in [5.41, 5.74) is 17.3. The van der Waals surface area contributed by atoms with Gasteiger partial charge in [-0.15, -0.1) is 0 Å². The van der Waals surface area contributed by atoms with E-state index >= 15 is 0 Å². The number of hydrogen-bond acceptors (Lipinski definition) is 24. The normalized spacial score (nSPS) is 18.0. The Morgan fingerprint density at radius 3 is 1.17 bits per heavy atom. The third-order valence-corrected chi connectivity index (χ3v) is 28.6. The van der Waals surface area contributed by atoms with Crippen LogP contribution in [0.3, 0.4) is 0 Å². The molecule has 1 aliphatic carbocycles. The Morgan fingerprint density at radius 1 is 0.336 bits per heavy atom. The van der Waals surface area contributed by atoms with Gasteiger partial charge in [0.05, 0.1) is 142 Å². The average Bonchev–Trinajstić information content (AvgIpc) is 1.61. The van der Waals surface area contributed by atoms with Crippen LogP contribution in [0.2, 0.25) is 0 Å². The number of hydrogen-bond donors (Lipinski definition) is 2. The standard InChI is InChI=1S/C30H33N3O4.C29H28N4O4.C29H31N3O4.C27H26N4O2/c1-36-26-16-15-21(17-27(26)37-2)19-33-29(34)22-11-8-14-25(28(22)30(33)35)32-24-13-7-6-12-23(24)31-18-20-9-4-3-5-10-20;1-36-25-11-10-20(16-26(25)37-2)18-33-28(34)23-8-5-9-24(27(23)29(33)35)32-14-12-31(13-15-32)19-22-7-4-3-6-21(22)17-30;1-20-7-9-21(10-8-20)18-30-13-15-31(16-14-30)24-6-4-5-23-27(24)29(34)32(28(23)33)19-22-11-12-25(35-2)26(17-22)36-3;32-26-23-7-4-8-24(25(23)27(33)31(26)16-20-11-13-28-14-12-20)29-17-21-9-10-22(18-29)30(21)15-19-5-2-1-3-6-19/h3-5,8-11,14-17,23-24,31-32H,6-7,12-13,18-19H2,1-2H3;3-11,16H,12-15,18-19H2,1-2H3;4-12,17H,13-16,18-19H2,1-3H3;1-8,11-14,21-22H,9-10,15-18H2/t23-,24-;;;/m1.../s1. The zero-order valence-electron chi connectivity index (χ0n) is 81.7. The molecule has 732 valence electrons. The summed E-state index contributed by atoms with van der Waals surface area (Å²) < 4.78 is 32.0. The van der Waals surface area contributed by atoms with Gasteiger partial charge in [-0.2, -0.15) is 5.26 Å². The quantitative estimate of drug-likeness (QED) is 0.0431. The summed E-state index contributed by atoms with van der Waals surface area (Å²) in [4.78, 5) is 130. The monoisotopic (exact) mass is 1920 g/mol. The number of piperazine rings is 3. The van der Waals surface area contributed by atoms with Crippen molar-refractivity contribution in [1.29, 1.82) is 5.26 Å². The van der Waals surface area contributed by atoms with Gasteiger partial charge in [-0.3, -0.25) is 77.6 Å². The number of aryl methyl sites for hydroxylation is 1. The predicted molar refractivity (Wildman–Crippen MR) is 547 cm³/mol. The number of aromatic nitrogens is 1. The molecule has 5 fully saturated rings. The van der Waals surface area contributed by atoms with Crippen LogP contribution in [0.25, 0.3) is 0 Å². The van der Waals surface area contributed by atoms with Gasteiger partial charge in [0, 0.05) is 134 Å². The number of carbonyl (C=O) groups excluding carboxylic acids is 8. The van der Waals surface area contributed by atoms with E-state index < -0.39 is 0 Å². The Bertz CT molecular complexity index is 6730. The molecule has 4 atom stereocenters. The van der Waals surface area contributed by atoms with Crippen molar-refractivity contribution < 1.29 is 66.8 Å². The van der Waals surface area contributed by atoms with Crippen molar-refractivity contribution in [3.05, 3.63) is 361 Å². The number of methoxy groups -OCH3 is 6. The second-order valence-electron chi connectivity index (χ2n) is 37.3. The number of nitriles is 1. The maximum absolute atomic E-state index is 13.5. The minimum Gasteiger partial charge on any atom is -0.493 e. The Labute approximate surface area is 833 Å². The minimum absolute atomic E-state index is 0.151. The Morgan fingerprint density at radius 2 is 0.713 bits per heavy atom. The number of ether oxygens (including phenoxy) is 6. The summed E-state index contributed by atoms with van der Waals surface area (Å²) in [5, 5.41) is 16.7. The molecule has 8 amide bonds. The van der Waals surface area contributed by atoms with E-state index in [1.54, 1.807) is 116 Å². The molecule has 4 saturated heterocycles. The maximum Gasteiger partial charge on any atom is 0.263 e. The van der Waals surface area contributed by atoms with E-state index in [0.29, 0.717) is 103 Å². The number of anilines is 4. The van der Waals surface area contributed by atoms with E-state index in [0.717, 1.165) is 155 Å². The summed E-state index contributed by atoms with van der Waals surface area (Å²) in [6.45, 7) is 14.4. The molecular formula is C115H118N14O14. The predicted octanol–water partition coefficient (Wildman–Crippen LogP) is 16.6. The largest absolute Gasteiger partial charge is 0.493 e. The zero-order chi connectivity index (χ0) is 99.3. The number of fused-ring (bicyclic) bond motifs is 6. The fourth-order valence-corrected chi connectivity index (χ4v) is 21.0. The van der Waals surface area contributed by atoms with Crippen LogP contribution in [0.1, 0.15) is 177 Å². The lowest BCUT2D eigenvalue weighted by Crippen LogP contribution is -2.53. The van der Waals surface area contributed by atoms with Crippen molar-refractivity contribution >= 4 is 70.0 Å². The second kappa shape index (κ2) is 44.5. The highest BCUT2D eigenvalue weighted by molar-refractivity contribution is 6.26. The highest BCUT2D eigenvalue weighted by Gasteiger charge is 2.46. The molecule has 21 rings (SSSR count). The molecule has 0 radical (unpaired) electrons. The van der Waals surface area contributed by atoms with Crippen LogP contribution >= 0.6 is 0 Å². The minimum atomic E-state index is -0.289. The first-order valence-corrected chi connectivity index (χ1v) is 48.8. The Hall–Kier alpha value is -15.5. The van der Waals surface area contributed by atoms with Crippen molar-refractivity contribution in [2.24, 2.45) is 0 Å². The lowest BCUT2D eigenvalue weighted by atomic mass is 9.89. The van der Waals surface area contributed by atoms with Crippen LogP contribution in [-0.4, -0.2) is 219 Å². The van der Waals surface area contributed by atoms with E-state index in [1.807, 2.05) is 109 Å². The Balaban J connectivity index is 0.000000126. The third kappa shape index (κ3) is 21.3. The van der Waals surface area contributed by atoms with Gasteiger partial charge in [-0.05, 0) is 180 Å². The second-order valence-corrected chi connectivity index (χ2v) is 37.3. The van der Waals surface area contributed by atoms with Gasteiger partial charge in [0.25, 0.3) is 47.3 Å². The van der Waals surface area contributed by atoms with Crippen LogP contribution in [0.15, 0.2) is 261 Å². The van der Waals surface area contributed by atoms with Gasteiger partial charge in [-0.1, -0.05) is 164 Å². The smallest absolute Gasteiger partial charge is 0.263 e. The highest BCUT2D eigenvalue weighted by Crippen LogP contribution is 2.43. The summed E-state index contributed by atoms with van der Waals surface area (Å²) in [6.07, 6.45) is 10.1. The molecule has 8 aliphatic heterocycles. The molecule has 1 aromatic heterocycles. The van der Waals surface area contributed by atoms with Crippen molar-refractivity contribution in [1.82, 2.24) is 44.6 Å².